The first-order valence-electron chi connectivity index (χ1n) is 10.7. The quantitative estimate of drug-likeness (QED) is 0.344. The van der Waals surface area contributed by atoms with Gasteiger partial charge in [0.1, 0.15) is 9.92 Å². The van der Waals surface area contributed by atoms with Crippen molar-refractivity contribution in [1.29, 1.82) is 0 Å². The molecule has 0 spiro atoms. The Labute approximate surface area is 194 Å². The summed E-state index contributed by atoms with van der Waals surface area (Å²) in [6.45, 7) is 9.99. The van der Waals surface area contributed by atoms with Gasteiger partial charge in [0.15, 0.2) is 15.5 Å². The summed E-state index contributed by atoms with van der Waals surface area (Å²) in [7, 11) is -3.67. The predicted octanol–water partition coefficient (Wildman–Crippen LogP) is 4.30. The Balaban J connectivity index is 1.71. The first-order chi connectivity index (χ1) is 15.5. The van der Waals surface area contributed by atoms with Crippen molar-refractivity contribution in [2.75, 3.05) is 12.8 Å². The molecular weight excluding hydrogens is 440 g/mol. The molecule has 32 heavy (non-hydrogen) atoms. The molecule has 0 amide bonds. The lowest BCUT2D eigenvalue weighted by Gasteiger charge is -2.28. The van der Waals surface area contributed by atoms with Gasteiger partial charge in [-0.1, -0.05) is 42.5 Å². The Hall–Kier alpha value is -2.42. The molecule has 0 fully saturated rings. The van der Waals surface area contributed by atoms with E-state index in [9.17, 15) is 8.42 Å². The van der Waals surface area contributed by atoms with E-state index in [-0.39, 0.29) is 4.90 Å². The molecule has 0 saturated carbocycles. The van der Waals surface area contributed by atoms with Crippen LogP contribution in [0.3, 0.4) is 0 Å². The molecule has 1 aliphatic heterocycles. The third kappa shape index (κ3) is 4.27. The first-order valence-corrected chi connectivity index (χ1v) is 13.4. The molecule has 0 radical (unpaired) electrons. The fraction of sp³-hybridized carbons (Fsp3) is 0.333. The maximum absolute atomic E-state index is 13.5. The van der Waals surface area contributed by atoms with Crippen LogP contribution in [0.25, 0.3) is 5.65 Å². The van der Waals surface area contributed by atoms with Gasteiger partial charge < -0.3 is 0 Å². The summed E-state index contributed by atoms with van der Waals surface area (Å²) in [5.41, 5.74) is 3.81. The smallest absolute Gasteiger partial charge is 0.191 e. The van der Waals surface area contributed by atoms with Gasteiger partial charge in [-0.05, 0) is 24.7 Å². The lowest BCUT2D eigenvalue weighted by Crippen LogP contribution is -2.31. The van der Waals surface area contributed by atoms with Crippen molar-refractivity contribution in [2.24, 2.45) is 0 Å². The monoisotopic (exact) mass is 468 g/mol. The van der Waals surface area contributed by atoms with Crippen molar-refractivity contribution in [3.05, 3.63) is 78.7 Å². The van der Waals surface area contributed by atoms with Crippen molar-refractivity contribution in [2.45, 2.75) is 47.5 Å². The van der Waals surface area contributed by atoms with E-state index in [4.69, 9.17) is 0 Å². The van der Waals surface area contributed by atoms with Gasteiger partial charge >= 0.3 is 0 Å². The van der Waals surface area contributed by atoms with E-state index >= 15 is 0 Å². The van der Waals surface area contributed by atoms with Gasteiger partial charge in [-0.25, -0.2) is 17.9 Å². The van der Waals surface area contributed by atoms with Gasteiger partial charge in [-0.3, -0.25) is 4.90 Å². The van der Waals surface area contributed by atoms with Crippen molar-refractivity contribution in [3.8, 4) is 0 Å². The number of hydrogen-bond acceptors (Lipinski definition) is 6. The van der Waals surface area contributed by atoms with Crippen molar-refractivity contribution in [1.82, 2.24) is 19.5 Å². The molecule has 0 saturated heterocycles. The van der Waals surface area contributed by atoms with E-state index in [2.05, 4.69) is 52.4 Å². The summed E-state index contributed by atoms with van der Waals surface area (Å²) in [6, 6.07) is 10.4. The molecule has 8 heteroatoms. The van der Waals surface area contributed by atoms with E-state index in [1.54, 1.807) is 10.6 Å². The van der Waals surface area contributed by atoms with Crippen LogP contribution in [0.15, 0.2) is 71.8 Å². The van der Waals surface area contributed by atoms with E-state index in [1.165, 1.54) is 23.4 Å². The van der Waals surface area contributed by atoms with Crippen LogP contribution in [0, 0.1) is 0 Å². The standard InChI is InChI=1S/C24H28N4O2S2/c1-4-6-12-20(5-2)32(29,30)22-23-25-15-19-17-27(16-18-10-8-7-9-11-18)14-13-21(19)28(23)26-24(22)31-3/h4-5,7-11,15,20H,1-2,6,12-14,16-17H2,3H3. The zero-order valence-electron chi connectivity index (χ0n) is 18.3. The van der Waals surface area contributed by atoms with E-state index in [0.29, 0.717) is 23.5 Å². The molecule has 2 aromatic heterocycles. The van der Waals surface area contributed by atoms with Gasteiger partial charge in [0, 0.05) is 37.8 Å². The van der Waals surface area contributed by atoms with Crippen LogP contribution in [-0.4, -0.2) is 46.0 Å². The second kappa shape index (κ2) is 9.60. The number of aromatic nitrogens is 3. The second-order valence-corrected chi connectivity index (χ2v) is 10.8. The molecule has 0 N–H and O–H groups in total. The van der Waals surface area contributed by atoms with Gasteiger partial charge in [0.25, 0.3) is 0 Å². The molecule has 1 aliphatic rings. The van der Waals surface area contributed by atoms with Crippen LogP contribution in [0.2, 0.25) is 0 Å². The number of sulfone groups is 1. The van der Waals surface area contributed by atoms with Crippen molar-refractivity contribution < 1.29 is 8.42 Å². The maximum Gasteiger partial charge on any atom is 0.191 e. The van der Waals surface area contributed by atoms with Gasteiger partial charge in [0.05, 0.1) is 10.9 Å². The van der Waals surface area contributed by atoms with E-state index < -0.39 is 15.1 Å². The van der Waals surface area contributed by atoms with E-state index in [1.807, 2.05) is 18.5 Å². The van der Waals surface area contributed by atoms with Crippen LogP contribution in [-0.2, 0) is 29.3 Å². The summed E-state index contributed by atoms with van der Waals surface area (Å²) < 4.78 is 28.8. The van der Waals surface area contributed by atoms with Crippen LogP contribution >= 0.6 is 11.8 Å². The molecule has 3 aromatic rings. The number of rotatable bonds is 9. The Kier molecular flexibility index (Phi) is 6.83. The number of nitrogens with zero attached hydrogens (tertiary/aromatic N) is 4. The molecule has 0 aliphatic carbocycles. The number of thioether (sulfide) groups is 1. The second-order valence-electron chi connectivity index (χ2n) is 7.94. The molecule has 1 unspecified atom stereocenters. The third-order valence-electron chi connectivity index (χ3n) is 5.86. The lowest BCUT2D eigenvalue weighted by molar-refractivity contribution is 0.241. The van der Waals surface area contributed by atoms with Crippen LogP contribution in [0.4, 0.5) is 0 Å². The highest BCUT2D eigenvalue weighted by Gasteiger charge is 2.33. The largest absolute Gasteiger partial charge is 0.294 e. The van der Waals surface area contributed by atoms with Crippen LogP contribution < -0.4 is 0 Å². The number of allylic oxidation sites excluding steroid dienone is 1. The summed E-state index contributed by atoms with van der Waals surface area (Å²) >= 11 is 1.34. The molecule has 3 heterocycles. The minimum Gasteiger partial charge on any atom is -0.294 e. The van der Waals surface area contributed by atoms with Crippen molar-refractivity contribution in [3.63, 3.8) is 0 Å². The minimum absolute atomic E-state index is 0.216. The maximum atomic E-state index is 13.5. The number of benzene rings is 1. The fourth-order valence-corrected chi connectivity index (χ4v) is 6.92. The SMILES string of the molecule is C=CCCC(C=C)S(=O)(=O)c1c(SC)nn2c3c(cnc12)CN(Cc1ccccc1)CC3. The highest BCUT2D eigenvalue weighted by molar-refractivity contribution is 7.99. The zero-order chi connectivity index (χ0) is 22.7. The Morgan fingerprint density at radius 1 is 1.25 bits per heavy atom. The van der Waals surface area contributed by atoms with E-state index in [0.717, 1.165) is 37.3 Å². The summed E-state index contributed by atoms with van der Waals surface area (Å²) in [5, 5.41) is 4.47. The first kappa shape index (κ1) is 22.8. The normalized spacial score (nSPS) is 15.4. The summed E-state index contributed by atoms with van der Waals surface area (Å²) in [6.07, 6.45) is 8.74. The molecule has 4 rings (SSSR count). The van der Waals surface area contributed by atoms with Crippen LogP contribution in [0.5, 0.6) is 0 Å². The Bertz CT molecular complexity index is 1240. The van der Waals surface area contributed by atoms with Crippen LogP contribution in [0.1, 0.15) is 29.7 Å². The van der Waals surface area contributed by atoms with Crippen molar-refractivity contribution >= 4 is 27.2 Å². The van der Waals surface area contributed by atoms with Gasteiger partial charge in [0.2, 0.25) is 0 Å². The summed E-state index contributed by atoms with van der Waals surface area (Å²) in [5.74, 6) is 0. The summed E-state index contributed by atoms with van der Waals surface area (Å²) in [4.78, 5) is 7.19. The predicted molar refractivity (Wildman–Crippen MR) is 130 cm³/mol. The molecule has 1 aromatic carbocycles. The Morgan fingerprint density at radius 2 is 2.03 bits per heavy atom. The Morgan fingerprint density at radius 3 is 2.72 bits per heavy atom. The topological polar surface area (TPSA) is 67.6 Å². The average Bonchev–Trinajstić information content (AvgIpc) is 3.20. The molecule has 6 nitrogen and oxygen atoms in total. The average molecular weight is 469 g/mol. The fourth-order valence-electron chi connectivity index (χ4n) is 4.20. The third-order valence-corrected chi connectivity index (χ3v) is 8.83. The number of hydrogen-bond donors (Lipinski definition) is 0. The molecule has 0 bridgehead atoms. The minimum atomic E-state index is -3.67. The van der Waals surface area contributed by atoms with Gasteiger partial charge in [-0.15, -0.1) is 24.9 Å². The lowest BCUT2D eigenvalue weighted by atomic mass is 10.1. The zero-order valence-corrected chi connectivity index (χ0v) is 19.9. The highest BCUT2D eigenvalue weighted by Crippen LogP contribution is 2.33. The highest BCUT2D eigenvalue weighted by atomic mass is 32.2. The molecule has 168 valence electrons. The molecule has 1 atom stereocenters. The number of fused-ring (bicyclic) bond motifs is 3. The molecular formula is C24H28N4O2S2. The van der Waals surface area contributed by atoms with Gasteiger partial charge in [-0.2, -0.15) is 5.10 Å².